The van der Waals surface area contributed by atoms with Gasteiger partial charge in [0.2, 0.25) is 0 Å². The lowest BCUT2D eigenvalue weighted by molar-refractivity contribution is -0.369. The van der Waals surface area contributed by atoms with Gasteiger partial charge in [0, 0.05) is 6.42 Å². The minimum atomic E-state index is -5.64. The Hall–Kier alpha value is -1.28. The van der Waals surface area contributed by atoms with Crippen LogP contribution in [-0.2, 0) is 4.79 Å². The smallest absolute Gasteiger partial charge is 0.375 e. The van der Waals surface area contributed by atoms with Crippen molar-refractivity contribution < 1.29 is 40.6 Å². The Morgan fingerprint density at radius 3 is 1.91 bits per heavy atom. The Balaban J connectivity index is 0.000000763. The first-order valence-corrected chi connectivity index (χ1v) is 6.45. The summed E-state index contributed by atoms with van der Waals surface area (Å²) in [7, 11) is 0. The van der Waals surface area contributed by atoms with Gasteiger partial charge in [-0.25, -0.2) is 4.39 Å². The van der Waals surface area contributed by atoms with Crippen molar-refractivity contribution in [3.8, 4) is 0 Å². The topological polar surface area (TPSA) is 40.1 Å². The van der Waals surface area contributed by atoms with Crippen molar-refractivity contribution in [3.63, 3.8) is 0 Å². The van der Waals surface area contributed by atoms with E-state index in [2.05, 4.69) is 6.58 Å². The van der Waals surface area contributed by atoms with E-state index >= 15 is 0 Å². The normalized spacial score (nSPS) is 28.2. The average Bonchev–Trinajstić information content (AvgIpc) is 2.41. The Morgan fingerprint density at radius 2 is 1.55 bits per heavy atom. The molecule has 0 spiro atoms. The van der Waals surface area contributed by atoms with Crippen LogP contribution in [0, 0.1) is 0 Å². The standard InChI is InChI=1S/C10H13F7.C3H4O2/c1-2-3-4-7(11)5-6-8(12,13)10(16,17)9(7,14)15;1-2-3(4)5/h2-6H2,1H3;2H,1H2,(H,4,5)/p-1. The van der Waals surface area contributed by atoms with Gasteiger partial charge in [-0.3, -0.25) is 0 Å². The Bertz CT molecular complexity index is 409. The fraction of sp³-hybridized carbons (Fsp3) is 0.769. The van der Waals surface area contributed by atoms with Crippen molar-refractivity contribution in [2.45, 2.75) is 62.5 Å². The van der Waals surface area contributed by atoms with Gasteiger partial charge in [-0.1, -0.05) is 26.3 Å². The number of carbonyl (C=O) groups is 1. The number of halogens is 7. The monoisotopic (exact) mass is 337 g/mol. The maximum absolute atomic E-state index is 13.8. The molecule has 0 N–H and O–H groups in total. The molecule has 0 heterocycles. The van der Waals surface area contributed by atoms with Crippen LogP contribution in [0.15, 0.2) is 12.7 Å². The molecular weight excluding hydrogens is 321 g/mol. The molecule has 0 aromatic heterocycles. The molecule has 1 aliphatic rings. The fourth-order valence-electron chi connectivity index (χ4n) is 1.92. The quantitative estimate of drug-likeness (QED) is 0.582. The van der Waals surface area contributed by atoms with Gasteiger partial charge in [0.05, 0.1) is 5.97 Å². The molecule has 0 amide bonds. The van der Waals surface area contributed by atoms with Gasteiger partial charge in [0.25, 0.3) is 0 Å². The number of unbranched alkanes of at least 4 members (excludes halogenated alkanes) is 1. The number of carboxylic acid groups (broad SMARTS) is 1. The lowest BCUT2D eigenvalue weighted by atomic mass is 9.75. The molecule has 2 nitrogen and oxygen atoms in total. The minimum absolute atomic E-state index is 0.0479. The van der Waals surface area contributed by atoms with Crippen molar-refractivity contribution in [1.29, 1.82) is 0 Å². The van der Waals surface area contributed by atoms with E-state index in [1.807, 2.05) is 0 Å². The second kappa shape index (κ2) is 6.87. The molecule has 9 heteroatoms. The van der Waals surface area contributed by atoms with E-state index in [1.54, 1.807) is 6.92 Å². The molecule has 0 aliphatic heterocycles. The summed E-state index contributed by atoms with van der Waals surface area (Å²) in [6, 6.07) is 0. The van der Waals surface area contributed by atoms with E-state index in [0.29, 0.717) is 6.42 Å². The summed E-state index contributed by atoms with van der Waals surface area (Å²) >= 11 is 0. The zero-order chi connectivity index (χ0) is 17.8. The number of carboxylic acids is 1. The third kappa shape index (κ3) is 3.73. The molecule has 130 valence electrons. The molecule has 0 aromatic carbocycles. The molecule has 1 fully saturated rings. The van der Waals surface area contributed by atoms with Crippen LogP contribution in [0.4, 0.5) is 30.7 Å². The minimum Gasteiger partial charge on any atom is -0.545 e. The third-order valence-corrected chi connectivity index (χ3v) is 3.34. The van der Waals surface area contributed by atoms with E-state index in [1.165, 1.54) is 0 Å². The number of carbonyl (C=O) groups excluding carboxylic acids is 1. The highest BCUT2D eigenvalue weighted by Crippen LogP contribution is 2.60. The predicted molar refractivity (Wildman–Crippen MR) is 62.6 cm³/mol. The van der Waals surface area contributed by atoms with Crippen LogP contribution in [0.5, 0.6) is 0 Å². The predicted octanol–water partition coefficient (Wildman–Crippen LogP) is 3.51. The molecule has 0 aromatic rings. The zero-order valence-corrected chi connectivity index (χ0v) is 11.8. The first kappa shape index (κ1) is 20.7. The summed E-state index contributed by atoms with van der Waals surface area (Å²) in [5.74, 6) is -17.1. The van der Waals surface area contributed by atoms with Gasteiger partial charge in [0.1, 0.15) is 0 Å². The molecule has 0 radical (unpaired) electrons. The lowest BCUT2D eigenvalue weighted by Gasteiger charge is -2.45. The lowest BCUT2D eigenvalue weighted by Crippen LogP contribution is -2.67. The third-order valence-electron chi connectivity index (χ3n) is 3.34. The summed E-state index contributed by atoms with van der Waals surface area (Å²) in [4.78, 5) is 9.14. The molecule has 0 bridgehead atoms. The number of alkyl halides is 7. The summed E-state index contributed by atoms with van der Waals surface area (Å²) in [5.41, 5.74) is -3.55. The van der Waals surface area contributed by atoms with Gasteiger partial charge >= 0.3 is 17.8 Å². The van der Waals surface area contributed by atoms with Gasteiger partial charge in [-0.2, -0.15) is 26.3 Å². The second-order valence-corrected chi connectivity index (χ2v) is 4.95. The Labute approximate surface area is 123 Å². The molecule has 1 saturated carbocycles. The number of rotatable bonds is 4. The highest BCUT2D eigenvalue weighted by molar-refractivity contribution is 5.76. The van der Waals surface area contributed by atoms with Crippen LogP contribution >= 0.6 is 0 Å². The average molecular weight is 337 g/mol. The second-order valence-electron chi connectivity index (χ2n) is 4.95. The van der Waals surface area contributed by atoms with Crippen LogP contribution in [-0.4, -0.2) is 29.4 Å². The van der Waals surface area contributed by atoms with E-state index < -0.39 is 48.7 Å². The highest BCUT2D eigenvalue weighted by Gasteiger charge is 2.81. The van der Waals surface area contributed by atoms with E-state index in [9.17, 15) is 30.7 Å². The van der Waals surface area contributed by atoms with E-state index in [4.69, 9.17) is 9.90 Å². The van der Waals surface area contributed by atoms with Crippen molar-refractivity contribution in [3.05, 3.63) is 12.7 Å². The molecule has 1 rings (SSSR count). The van der Waals surface area contributed by atoms with E-state index in [0.717, 1.165) is 6.08 Å². The molecule has 22 heavy (non-hydrogen) atoms. The molecule has 1 atom stereocenters. The van der Waals surface area contributed by atoms with Crippen LogP contribution in [0.2, 0.25) is 0 Å². The highest BCUT2D eigenvalue weighted by atomic mass is 19.3. The van der Waals surface area contributed by atoms with Gasteiger partial charge in [-0.05, 0) is 18.9 Å². The number of aliphatic carboxylic acids is 1. The van der Waals surface area contributed by atoms with Gasteiger partial charge in [-0.15, -0.1) is 0 Å². The summed E-state index contributed by atoms with van der Waals surface area (Å²) in [6.07, 6.45) is -2.64. The molecule has 1 aliphatic carbocycles. The summed E-state index contributed by atoms with van der Waals surface area (Å²) in [5, 5.41) is 9.14. The number of hydrogen-bond acceptors (Lipinski definition) is 2. The van der Waals surface area contributed by atoms with Crippen LogP contribution in [0.25, 0.3) is 0 Å². The SMILES string of the molecule is C=CC(=O)[O-].CCCCC1(F)CCC(F)(F)C(F)(F)C1(F)F. The summed E-state index contributed by atoms with van der Waals surface area (Å²) in [6.45, 7) is 4.46. The van der Waals surface area contributed by atoms with E-state index in [-0.39, 0.29) is 6.42 Å². The molecule has 1 unspecified atom stereocenters. The molecular formula is C13H16F7O2-. The zero-order valence-electron chi connectivity index (χ0n) is 11.8. The van der Waals surface area contributed by atoms with Gasteiger partial charge < -0.3 is 9.90 Å². The first-order valence-electron chi connectivity index (χ1n) is 6.45. The Kier molecular flexibility index (Phi) is 6.47. The summed E-state index contributed by atoms with van der Waals surface area (Å²) < 4.78 is 91.7. The van der Waals surface area contributed by atoms with Crippen LogP contribution < -0.4 is 5.11 Å². The largest absolute Gasteiger partial charge is 0.545 e. The molecule has 0 saturated heterocycles. The van der Waals surface area contributed by atoms with Crippen molar-refractivity contribution in [1.82, 2.24) is 0 Å². The maximum Gasteiger partial charge on any atom is 0.375 e. The van der Waals surface area contributed by atoms with Crippen molar-refractivity contribution >= 4 is 5.97 Å². The first-order chi connectivity index (χ1) is 9.79. The van der Waals surface area contributed by atoms with Gasteiger partial charge in [0.15, 0.2) is 5.67 Å². The number of hydrogen-bond donors (Lipinski definition) is 0. The van der Waals surface area contributed by atoms with Crippen LogP contribution in [0.3, 0.4) is 0 Å². The fourth-order valence-corrected chi connectivity index (χ4v) is 1.92. The van der Waals surface area contributed by atoms with Crippen molar-refractivity contribution in [2.75, 3.05) is 0 Å². The van der Waals surface area contributed by atoms with Crippen LogP contribution in [0.1, 0.15) is 39.0 Å². The van der Waals surface area contributed by atoms with Crippen molar-refractivity contribution in [2.24, 2.45) is 0 Å². The maximum atomic E-state index is 13.8. The Morgan fingerprint density at radius 1 is 1.09 bits per heavy atom.